The summed E-state index contributed by atoms with van der Waals surface area (Å²) in [7, 11) is 0. The summed E-state index contributed by atoms with van der Waals surface area (Å²) >= 11 is 0. The van der Waals surface area contributed by atoms with E-state index in [4.69, 9.17) is 0 Å². The highest BCUT2D eigenvalue weighted by molar-refractivity contribution is 5.92. The number of hydrogen-bond acceptors (Lipinski definition) is 3. The van der Waals surface area contributed by atoms with Gasteiger partial charge in [-0.2, -0.15) is 5.10 Å². The number of rotatable bonds is 5. The van der Waals surface area contributed by atoms with E-state index in [-0.39, 0.29) is 17.8 Å². The predicted octanol–water partition coefficient (Wildman–Crippen LogP) is 3.41. The van der Waals surface area contributed by atoms with Gasteiger partial charge in [-0.1, -0.05) is 26.0 Å². The van der Waals surface area contributed by atoms with Gasteiger partial charge < -0.3 is 4.90 Å². The first-order valence-electron chi connectivity index (χ1n) is 9.79. The maximum atomic E-state index is 13.2. The molecule has 5 nitrogen and oxygen atoms in total. The zero-order valence-corrected chi connectivity index (χ0v) is 16.4. The number of aryl methyl sites for hydroxylation is 1. The summed E-state index contributed by atoms with van der Waals surface area (Å²) in [4.78, 5) is 17.5. The summed E-state index contributed by atoms with van der Waals surface area (Å²) in [6, 6.07) is 8.79. The summed E-state index contributed by atoms with van der Waals surface area (Å²) in [5.74, 6) is 0.262. The third-order valence-corrected chi connectivity index (χ3v) is 5.34. The first-order chi connectivity index (χ1) is 13.0. The summed E-state index contributed by atoms with van der Waals surface area (Å²) in [5.41, 5.74) is 1.76. The molecule has 6 heteroatoms. The summed E-state index contributed by atoms with van der Waals surface area (Å²) in [5, 5.41) is 4.23. The molecule has 27 heavy (non-hydrogen) atoms. The predicted molar refractivity (Wildman–Crippen MR) is 104 cm³/mol. The zero-order chi connectivity index (χ0) is 19.4. The molecule has 1 aromatic heterocycles. The van der Waals surface area contributed by atoms with Gasteiger partial charge in [0.05, 0.1) is 0 Å². The number of hydrogen-bond donors (Lipinski definition) is 0. The van der Waals surface area contributed by atoms with Crippen LogP contribution in [0.3, 0.4) is 0 Å². The summed E-state index contributed by atoms with van der Waals surface area (Å²) < 4.78 is 15.0. The Morgan fingerprint density at radius 3 is 2.63 bits per heavy atom. The molecule has 2 aromatic rings. The first-order valence-corrected chi connectivity index (χ1v) is 9.79. The normalized spacial score (nSPS) is 18.7. The van der Waals surface area contributed by atoms with Gasteiger partial charge in [0, 0.05) is 45.0 Å². The Hall–Kier alpha value is -2.21. The fraction of sp³-hybridized carbons (Fsp3) is 0.524. The van der Waals surface area contributed by atoms with Crippen LogP contribution in [0.1, 0.15) is 43.2 Å². The standard InChI is InChI=1S/C21H29FN4O/c1-4-26-19(10-11-23-26)21(27)25-13-5-12-24(20(15-25)16(2)3)14-17-6-8-18(22)9-7-17/h6-11,16,20H,4-5,12-15H2,1-3H3. The van der Waals surface area contributed by atoms with Gasteiger partial charge in [-0.25, -0.2) is 4.39 Å². The van der Waals surface area contributed by atoms with Crippen LogP contribution in [0.2, 0.25) is 0 Å². The molecule has 1 aliphatic rings. The average Bonchev–Trinajstić information content (AvgIpc) is 3.03. The van der Waals surface area contributed by atoms with E-state index >= 15 is 0 Å². The minimum absolute atomic E-state index is 0.0589. The third-order valence-electron chi connectivity index (χ3n) is 5.34. The van der Waals surface area contributed by atoms with Crippen LogP contribution in [-0.2, 0) is 13.1 Å². The smallest absolute Gasteiger partial charge is 0.272 e. The van der Waals surface area contributed by atoms with Gasteiger partial charge in [0.2, 0.25) is 0 Å². The number of carbonyl (C=O) groups is 1. The van der Waals surface area contributed by atoms with E-state index in [0.29, 0.717) is 24.7 Å². The molecule has 1 amide bonds. The lowest BCUT2D eigenvalue weighted by atomic mass is 10.0. The molecule has 1 atom stereocenters. The Balaban J connectivity index is 1.76. The quantitative estimate of drug-likeness (QED) is 0.808. The van der Waals surface area contributed by atoms with Gasteiger partial charge in [0.1, 0.15) is 11.5 Å². The molecule has 0 saturated carbocycles. The van der Waals surface area contributed by atoms with Crippen molar-refractivity contribution in [2.75, 3.05) is 19.6 Å². The summed E-state index contributed by atoms with van der Waals surface area (Å²) in [6.07, 6.45) is 2.62. The molecule has 1 aromatic carbocycles. The summed E-state index contributed by atoms with van der Waals surface area (Å²) in [6.45, 7) is 10.2. The van der Waals surface area contributed by atoms with E-state index < -0.39 is 0 Å². The fourth-order valence-corrected chi connectivity index (χ4v) is 3.83. The fourth-order valence-electron chi connectivity index (χ4n) is 3.83. The van der Waals surface area contributed by atoms with E-state index in [9.17, 15) is 9.18 Å². The second-order valence-electron chi connectivity index (χ2n) is 7.55. The van der Waals surface area contributed by atoms with Crippen molar-refractivity contribution in [1.82, 2.24) is 19.6 Å². The van der Waals surface area contributed by atoms with Crippen molar-refractivity contribution in [2.45, 2.75) is 46.3 Å². The number of benzene rings is 1. The van der Waals surface area contributed by atoms with E-state index in [0.717, 1.165) is 31.6 Å². The molecule has 146 valence electrons. The Kier molecular flexibility index (Phi) is 6.26. The molecular weight excluding hydrogens is 343 g/mol. The molecule has 2 heterocycles. The van der Waals surface area contributed by atoms with Crippen LogP contribution in [0.25, 0.3) is 0 Å². The number of halogens is 1. The van der Waals surface area contributed by atoms with Crippen LogP contribution in [0.15, 0.2) is 36.5 Å². The zero-order valence-electron chi connectivity index (χ0n) is 16.4. The van der Waals surface area contributed by atoms with Crippen molar-refractivity contribution in [3.05, 3.63) is 53.6 Å². The monoisotopic (exact) mass is 372 g/mol. The minimum atomic E-state index is -0.209. The molecule has 0 spiro atoms. The van der Waals surface area contributed by atoms with Crippen molar-refractivity contribution in [3.8, 4) is 0 Å². The van der Waals surface area contributed by atoms with Crippen LogP contribution < -0.4 is 0 Å². The lowest BCUT2D eigenvalue weighted by molar-refractivity contribution is 0.0690. The molecule has 0 radical (unpaired) electrons. The highest BCUT2D eigenvalue weighted by Crippen LogP contribution is 2.21. The molecule has 3 rings (SSSR count). The highest BCUT2D eigenvalue weighted by Gasteiger charge is 2.30. The molecule has 1 fully saturated rings. The van der Waals surface area contributed by atoms with Gasteiger partial charge in [0.15, 0.2) is 0 Å². The van der Waals surface area contributed by atoms with Crippen molar-refractivity contribution in [1.29, 1.82) is 0 Å². The second-order valence-corrected chi connectivity index (χ2v) is 7.55. The largest absolute Gasteiger partial charge is 0.336 e. The average molecular weight is 372 g/mol. The lowest BCUT2D eigenvalue weighted by Crippen LogP contribution is -2.45. The maximum Gasteiger partial charge on any atom is 0.272 e. The number of carbonyl (C=O) groups excluding carboxylic acids is 1. The van der Waals surface area contributed by atoms with Crippen molar-refractivity contribution in [2.24, 2.45) is 5.92 Å². The number of nitrogens with zero attached hydrogens (tertiary/aromatic N) is 4. The Bertz CT molecular complexity index is 756. The Morgan fingerprint density at radius 2 is 1.96 bits per heavy atom. The van der Waals surface area contributed by atoms with E-state index in [1.165, 1.54) is 12.1 Å². The topological polar surface area (TPSA) is 41.4 Å². The van der Waals surface area contributed by atoms with E-state index in [1.54, 1.807) is 16.9 Å². The minimum Gasteiger partial charge on any atom is -0.336 e. The Labute approximate surface area is 160 Å². The molecular formula is C21H29FN4O. The van der Waals surface area contributed by atoms with Gasteiger partial charge >= 0.3 is 0 Å². The second kappa shape index (κ2) is 8.65. The van der Waals surface area contributed by atoms with Crippen LogP contribution in [-0.4, -0.2) is 51.2 Å². The van der Waals surface area contributed by atoms with Crippen molar-refractivity contribution in [3.63, 3.8) is 0 Å². The third kappa shape index (κ3) is 4.56. The van der Waals surface area contributed by atoms with Crippen LogP contribution in [0.5, 0.6) is 0 Å². The molecule has 1 unspecified atom stereocenters. The molecule has 1 aliphatic heterocycles. The molecule has 0 bridgehead atoms. The lowest BCUT2D eigenvalue weighted by Gasteiger charge is -2.34. The van der Waals surface area contributed by atoms with Crippen LogP contribution in [0.4, 0.5) is 4.39 Å². The molecule has 0 aliphatic carbocycles. The van der Waals surface area contributed by atoms with Gasteiger partial charge in [-0.3, -0.25) is 14.4 Å². The van der Waals surface area contributed by atoms with Gasteiger partial charge in [-0.15, -0.1) is 0 Å². The number of amides is 1. The van der Waals surface area contributed by atoms with Crippen LogP contribution in [0, 0.1) is 11.7 Å². The Morgan fingerprint density at radius 1 is 1.22 bits per heavy atom. The van der Waals surface area contributed by atoms with Gasteiger partial charge in [-0.05, 0) is 43.0 Å². The maximum absolute atomic E-state index is 13.2. The highest BCUT2D eigenvalue weighted by atomic mass is 19.1. The first kappa shape index (κ1) is 19.5. The number of aromatic nitrogens is 2. The van der Waals surface area contributed by atoms with E-state index in [1.807, 2.05) is 24.0 Å². The van der Waals surface area contributed by atoms with Crippen molar-refractivity contribution >= 4 is 5.91 Å². The van der Waals surface area contributed by atoms with Crippen molar-refractivity contribution < 1.29 is 9.18 Å². The molecule has 1 saturated heterocycles. The molecule has 0 N–H and O–H groups in total. The van der Waals surface area contributed by atoms with Crippen LogP contribution >= 0.6 is 0 Å². The SMILES string of the molecule is CCn1nccc1C(=O)N1CCCN(Cc2ccc(F)cc2)C(C(C)C)C1. The van der Waals surface area contributed by atoms with E-state index in [2.05, 4.69) is 23.8 Å². The van der Waals surface area contributed by atoms with Gasteiger partial charge in [0.25, 0.3) is 5.91 Å².